The molecule has 0 heterocycles. The van der Waals surface area contributed by atoms with E-state index in [-0.39, 0.29) is 45.4 Å². The van der Waals surface area contributed by atoms with Crippen molar-refractivity contribution in [3.8, 4) is 17.2 Å². The molecule has 0 spiro atoms. The lowest BCUT2D eigenvalue weighted by Crippen LogP contribution is -2.27. The van der Waals surface area contributed by atoms with Gasteiger partial charge in [-0.05, 0) is 24.3 Å². The van der Waals surface area contributed by atoms with Gasteiger partial charge in [0, 0.05) is 36.9 Å². The third kappa shape index (κ3) is 5.16. The first kappa shape index (κ1) is 24.6. The second-order valence-corrected chi connectivity index (χ2v) is 7.01. The van der Waals surface area contributed by atoms with Gasteiger partial charge in [-0.25, -0.2) is 4.79 Å². The number of ether oxygens (including phenoxy) is 3. The van der Waals surface area contributed by atoms with Crippen molar-refractivity contribution in [2.75, 3.05) is 26.2 Å². The zero-order chi connectivity index (χ0) is 25.7. The Morgan fingerprint density at radius 1 is 0.771 bits per heavy atom. The fourth-order valence-corrected chi connectivity index (χ4v) is 3.20. The minimum Gasteiger partial charge on any atom is -0.490 e. The van der Waals surface area contributed by atoms with Crippen molar-refractivity contribution in [1.82, 2.24) is 0 Å². The number of nitrogens with zero attached hydrogens (tertiary/aromatic N) is 3. The molecule has 0 aromatic heterocycles. The van der Waals surface area contributed by atoms with Gasteiger partial charge in [-0.3, -0.25) is 25.0 Å². The Kier molecular flexibility index (Phi) is 7.25. The van der Waals surface area contributed by atoms with Crippen molar-refractivity contribution < 1.29 is 33.6 Å². The smallest absolute Gasteiger partial charge is 0.343 e. The third-order valence-electron chi connectivity index (χ3n) is 4.97. The second-order valence-electron chi connectivity index (χ2n) is 7.01. The van der Waals surface area contributed by atoms with E-state index in [0.717, 1.165) is 12.1 Å². The van der Waals surface area contributed by atoms with E-state index in [9.17, 15) is 29.8 Å². The quantitative estimate of drug-likeness (QED) is 0.201. The summed E-state index contributed by atoms with van der Waals surface area (Å²) in [7, 11) is 3.93. The van der Waals surface area contributed by atoms with E-state index in [2.05, 4.69) is 0 Å². The second kappa shape index (κ2) is 10.3. The Labute approximate surface area is 198 Å². The highest BCUT2D eigenvalue weighted by Crippen LogP contribution is 2.33. The molecule has 12 heteroatoms. The maximum atomic E-state index is 13.1. The maximum Gasteiger partial charge on any atom is 0.343 e. The van der Waals surface area contributed by atoms with Crippen molar-refractivity contribution in [1.29, 1.82) is 0 Å². The fraction of sp³-hybridized carbons (Fsp3) is 0.130. The van der Waals surface area contributed by atoms with Gasteiger partial charge >= 0.3 is 17.3 Å². The Hall–Kier alpha value is -5.00. The molecule has 0 aliphatic rings. The van der Waals surface area contributed by atoms with Crippen LogP contribution in [0.5, 0.6) is 17.2 Å². The average molecular weight is 481 g/mol. The van der Waals surface area contributed by atoms with E-state index < -0.39 is 21.7 Å². The Morgan fingerprint density at radius 3 is 1.83 bits per heavy atom. The first-order valence-corrected chi connectivity index (χ1v) is 9.92. The molecule has 0 fully saturated rings. The summed E-state index contributed by atoms with van der Waals surface area (Å²) in [4.78, 5) is 47.9. The lowest BCUT2D eigenvalue weighted by molar-refractivity contribution is -0.385. The van der Waals surface area contributed by atoms with Gasteiger partial charge in [-0.15, -0.1) is 0 Å². The zero-order valence-corrected chi connectivity index (χ0v) is 18.8. The van der Waals surface area contributed by atoms with Crippen LogP contribution in [0.3, 0.4) is 0 Å². The molecule has 0 unspecified atom stereocenters. The van der Waals surface area contributed by atoms with Crippen LogP contribution in [0.2, 0.25) is 0 Å². The van der Waals surface area contributed by atoms with Crippen LogP contribution in [0.15, 0.2) is 60.7 Å². The Bertz CT molecular complexity index is 1320. The van der Waals surface area contributed by atoms with Crippen LogP contribution >= 0.6 is 0 Å². The van der Waals surface area contributed by atoms with Crippen molar-refractivity contribution in [2.24, 2.45) is 0 Å². The number of esters is 1. The van der Waals surface area contributed by atoms with E-state index >= 15 is 0 Å². The molecule has 0 radical (unpaired) electrons. The highest BCUT2D eigenvalue weighted by molar-refractivity contribution is 6.07. The number of benzene rings is 3. The summed E-state index contributed by atoms with van der Waals surface area (Å²) in [5.74, 6) is -1.53. The monoisotopic (exact) mass is 481 g/mol. The van der Waals surface area contributed by atoms with E-state index in [1.807, 2.05) is 0 Å². The number of nitro groups is 2. The molecule has 3 aromatic rings. The molecule has 0 atom stereocenters. The van der Waals surface area contributed by atoms with E-state index in [1.165, 1.54) is 56.5 Å². The van der Waals surface area contributed by atoms with Crippen LogP contribution in [-0.4, -0.2) is 43.0 Å². The average Bonchev–Trinajstić information content (AvgIpc) is 2.87. The molecule has 0 aliphatic heterocycles. The topological polar surface area (TPSA) is 151 Å². The lowest BCUT2D eigenvalue weighted by Gasteiger charge is -2.20. The molecule has 0 aliphatic carbocycles. The highest BCUT2D eigenvalue weighted by atomic mass is 16.6. The highest BCUT2D eigenvalue weighted by Gasteiger charge is 2.23. The van der Waals surface area contributed by atoms with E-state index in [1.54, 1.807) is 18.2 Å². The number of hydrogen-bond donors (Lipinski definition) is 0. The molecule has 1 amide bonds. The number of anilines is 1. The molecule has 0 saturated carbocycles. The first-order chi connectivity index (χ1) is 16.7. The van der Waals surface area contributed by atoms with Gasteiger partial charge in [-0.2, -0.15) is 0 Å². The molecule has 35 heavy (non-hydrogen) atoms. The maximum absolute atomic E-state index is 13.1. The summed E-state index contributed by atoms with van der Waals surface area (Å²) in [5.41, 5.74) is -0.266. The first-order valence-electron chi connectivity index (χ1n) is 9.92. The largest absolute Gasteiger partial charge is 0.490 e. The number of carbonyl (C=O) groups is 2. The number of hydrogen-bond acceptors (Lipinski definition) is 9. The number of carbonyl (C=O) groups excluding carboxylic acids is 2. The van der Waals surface area contributed by atoms with Gasteiger partial charge in [0.15, 0.2) is 17.2 Å². The van der Waals surface area contributed by atoms with Crippen LogP contribution < -0.4 is 19.1 Å². The molecule has 12 nitrogen and oxygen atoms in total. The number of amides is 1. The molecular formula is C23H19N3O9. The molecule has 0 N–H and O–H groups in total. The summed E-state index contributed by atoms with van der Waals surface area (Å²) >= 11 is 0. The fourth-order valence-electron chi connectivity index (χ4n) is 3.20. The summed E-state index contributed by atoms with van der Waals surface area (Å²) in [6.45, 7) is 0. The van der Waals surface area contributed by atoms with E-state index in [4.69, 9.17) is 14.2 Å². The van der Waals surface area contributed by atoms with Crippen molar-refractivity contribution in [3.05, 3.63) is 92.0 Å². The van der Waals surface area contributed by atoms with Crippen molar-refractivity contribution in [2.45, 2.75) is 0 Å². The van der Waals surface area contributed by atoms with Gasteiger partial charge in [0.1, 0.15) is 0 Å². The van der Waals surface area contributed by atoms with Gasteiger partial charge in [0.05, 0.1) is 35.3 Å². The van der Waals surface area contributed by atoms with E-state index in [0.29, 0.717) is 0 Å². The zero-order valence-electron chi connectivity index (χ0n) is 18.8. The molecule has 0 saturated heterocycles. The summed E-state index contributed by atoms with van der Waals surface area (Å²) in [5, 5.41) is 22.2. The van der Waals surface area contributed by atoms with Gasteiger partial charge in [-0.1, -0.05) is 12.1 Å². The van der Waals surface area contributed by atoms with Crippen LogP contribution in [-0.2, 0) is 0 Å². The van der Waals surface area contributed by atoms with Crippen LogP contribution in [0.25, 0.3) is 0 Å². The Balaban J connectivity index is 1.89. The molecule has 3 aromatic carbocycles. The lowest BCUT2D eigenvalue weighted by atomic mass is 10.1. The molecule has 3 rings (SSSR count). The van der Waals surface area contributed by atoms with Gasteiger partial charge < -0.3 is 19.1 Å². The van der Waals surface area contributed by atoms with Gasteiger partial charge in [0.2, 0.25) is 0 Å². The van der Waals surface area contributed by atoms with Crippen molar-refractivity contribution >= 4 is 28.9 Å². The van der Waals surface area contributed by atoms with Crippen molar-refractivity contribution in [3.63, 3.8) is 0 Å². The number of methoxy groups -OCH3 is 2. The SMILES string of the molecule is COc1cc(C(=O)Oc2ccccc2N(C)C(=O)c2ccc([N+](=O)[O-])c(OC)c2)ccc1[N+](=O)[O-]. The number of para-hydroxylation sites is 2. The third-order valence-corrected chi connectivity index (χ3v) is 4.97. The number of nitro benzene ring substituents is 2. The van der Waals surface area contributed by atoms with Crippen LogP contribution in [0.1, 0.15) is 20.7 Å². The van der Waals surface area contributed by atoms with Gasteiger partial charge in [0.25, 0.3) is 5.91 Å². The van der Waals surface area contributed by atoms with Crippen LogP contribution in [0, 0.1) is 20.2 Å². The predicted molar refractivity (Wildman–Crippen MR) is 123 cm³/mol. The minimum atomic E-state index is -0.830. The minimum absolute atomic E-state index is 0.00339. The summed E-state index contributed by atoms with van der Waals surface area (Å²) < 4.78 is 15.5. The Morgan fingerprint density at radius 2 is 1.29 bits per heavy atom. The predicted octanol–water partition coefficient (Wildman–Crippen LogP) is 4.02. The standard InChI is InChI=1S/C23H19N3O9/c1-24(22(27)14-8-10-17(25(29)30)20(12-14)33-2)16-6-4-5-7-19(16)35-23(28)15-9-11-18(26(31)32)21(13-15)34-3/h4-13H,1-3H3. The molecule has 180 valence electrons. The normalized spacial score (nSPS) is 10.3. The summed E-state index contributed by atoms with van der Waals surface area (Å²) in [6, 6.07) is 13.5. The van der Waals surface area contributed by atoms with Crippen LogP contribution in [0.4, 0.5) is 17.1 Å². The molecule has 0 bridgehead atoms. The summed E-state index contributed by atoms with van der Waals surface area (Å²) in [6.07, 6.45) is 0. The molecular weight excluding hydrogens is 462 g/mol. The number of rotatable bonds is 8.